The van der Waals surface area contributed by atoms with Crippen molar-refractivity contribution in [3.05, 3.63) is 28.2 Å². The van der Waals surface area contributed by atoms with Gasteiger partial charge in [-0.1, -0.05) is 15.9 Å². The molecule has 21 heavy (non-hydrogen) atoms. The predicted octanol–water partition coefficient (Wildman–Crippen LogP) is 2.75. The van der Waals surface area contributed by atoms with Crippen LogP contribution in [0.4, 0.5) is 0 Å². The Bertz CT molecular complexity index is 480. The van der Waals surface area contributed by atoms with E-state index >= 15 is 0 Å². The second-order valence-electron chi connectivity index (χ2n) is 5.21. The van der Waals surface area contributed by atoms with E-state index in [9.17, 15) is 9.90 Å². The number of carbonyl (C=O) groups excluding carboxylic acids is 1. The zero-order valence-electron chi connectivity index (χ0n) is 12.6. The van der Waals surface area contributed by atoms with Gasteiger partial charge >= 0.3 is 0 Å². The smallest absolute Gasteiger partial charge is 0.230 e. The Labute approximate surface area is 138 Å². The molecule has 0 saturated heterocycles. The Balaban J connectivity index is 2.37. The number of nitrogens with one attached hydrogen (secondary N) is 1. The lowest BCUT2D eigenvalue weighted by Gasteiger charge is -2.23. The highest BCUT2D eigenvalue weighted by molar-refractivity contribution is 9.10. The predicted molar refractivity (Wildman–Crippen MR) is 89.7 cm³/mol. The average molecular weight is 376 g/mol. The fourth-order valence-electron chi connectivity index (χ4n) is 1.67. The van der Waals surface area contributed by atoms with Crippen LogP contribution in [-0.2, 0) is 9.53 Å². The minimum absolute atomic E-state index is 0.0833. The van der Waals surface area contributed by atoms with Crippen LogP contribution in [0.15, 0.2) is 27.6 Å². The van der Waals surface area contributed by atoms with E-state index in [-0.39, 0.29) is 12.5 Å². The van der Waals surface area contributed by atoms with Crippen LogP contribution in [0.3, 0.4) is 0 Å². The molecule has 1 unspecified atom stereocenters. The van der Waals surface area contributed by atoms with E-state index in [2.05, 4.69) is 21.2 Å². The molecule has 0 fully saturated rings. The fourth-order valence-corrected chi connectivity index (χ4v) is 2.98. The van der Waals surface area contributed by atoms with E-state index in [4.69, 9.17) is 4.74 Å². The first kappa shape index (κ1) is 18.5. The number of methoxy groups -OCH3 is 1. The third-order valence-corrected chi connectivity index (χ3v) is 4.68. The van der Waals surface area contributed by atoms with Crippen molar-refractivity contribution in [1.29, 1.82) is 0 Å². The lowest BCUT2D eigenvalue weighted by atomic mass is 10.0. The molecule has 1 aromatic carbocycles. The number of benzene rings is 1. The number of aryl methyl sites for hydroxylation is 1. The first-order valence-corrected chi connectivity index (χ1v) is 8.49. The molecule has 1 aromatic rings. The highest BCUT2D eigenvalue weighted by atomic mass is 79.9. The van der Waals surface area contributed by atoms with Crippen molar-refractivity contribution in [2.45, 2.75) is 30.8 Å². The summed E-state index contributed by atoms with van der Waals surface area (Å²) in [4.78, 5) is 12.9. The Hall–Kier alpha value is -0.560. The summed E-state index contributed by atoms with van der Waals surface area (Å²) in [6, 6.07) is 5.98. The monoisotopic (exact) mass is 375 g/mol. The molecular weight excluding hydrogens is 354 g/mol. The Morgan fingerprint density at radius 3 is 2.86 bits per heavy atom. The minimum atomic E-state index is -0.941. The van der Waals surface area contributed by atoms with Gasteiger partial charge in [0.25, 0.3) is 0 Å². The summed E-state index contributed by atoms with van der Waals surface area (Å²) in [6.07, 6.45) is 0.489. The molecule has 2 N–H and O–H groups in total. The minimum Gasteiger partial charge on any atom is -0.388 e. The number of hydrogen-bond acceptors (Lipinski definition) is 4. The van der Waals surface area contributed by atoms with E-state index in [0.29, 0.717) is 18.8 Å². The third-order valence-electron chi connectivity index (χ3n) is 3.01. The number of ether oxygens (including phenoxy) is 1. The van der Waals surface area contributed by atoms with Crippen LogP contribution in [0.25, 0.3) is 0 Å². The number of halogens is 1. The fraction of sp³-hybridized carbons (Fsp3) is 0.533. The van der Waals surface area contributed by atoms with Gasteiger partial charge in [-0.05, 0) is 37.6 Å². The summed E-state index contributed by atoms with van der Waals surface area (Å²) in [5.74, 6) is 0.253. The van der Waals surface area contributed by atoms with Gasteiger partial charge in [-0.3, -0.25) is 4.79 Å². The van der Waals surface area contributed by atoms with Crippen LogP contribution in [0.5, 0.6) is 0 Å². The van der Waals surface area contributed by atoms with Gasteiger partial charge in [0.2, 0.25) is 5.91 Å². The Morgan fingerprint density at radius 2 is 2.24 bits per heavy atom. The van der Waals surface area contributed by atoms with Crippen LogP contribution >= 0.6 is 27.7 Å². The molecule has 0 aliphatic carbocycles. The molecule has 0 radical (unpaired) electrons. The van der Waals surface area contributed by atoms with E-state index in [0.717, 1.165) is 14.9 Å². The molecule has 1 atom stereocenters. The normalized spacial score (nSPS) is 13.8. The van der Waals surface area contributed by atoms with Gasteiger partial charge in [0, 0.05) is 36.1 Å². The zero-order chi connectivity index (χ0) is 15.9. The van der Waals surface area contributed by atoms with Crippen LogP contribution < -0.4 is 5.32 Å². The van der Waals surface area contributed by atoms with Crippen molar-refractivity contribution < 1.29 is 14.6 Å². The van der Waals surface area contributed by atoms with Crippen molar-refractivity contribution in [2.75, 3.05) is 26.0 Å². The maximum atomic E-state index is 11.8. The molecule has 1 amide bonds. The lowest BCUT2D eigenvalue weighted by molar-refractivity contribution is -0.119. The van der Waals surface area contributed by atoms with Gasteiger partial charge in [0.05, 0.1) is 11.4 Å². The molecule has 0 bridgehead atoms. The van der Waals surface area contributed by atoms with Gasteiger partial charge in [-0.25, -0.2) is 0 Å². The van der Waals surface area contributed by atoms with Crippen LogP contribution in [0, 0.1) is 6.92 Å². The number of aliphatic hydroxyl groups is 1. The number of hydrogen-bond donors (Lipinski definition) is 2. The molecule has 0 saturated carbocycles. The number of amides is 1. The summed E-state index contributed by atoms with van der Waals surface area (Å²) in [6.45, 7) is 4.41. The molecule has 4 nitrogen and oxygen atoms in total. The largest absolute Gasteiger partial charge is 0.388 e. The summed E-state index contributed by atoms with van der Waals surface area (Å²) in [7, 11) is 1.59. The van der Waals surface area contributed by atoms with E-state index in [1.54, 1.807) is 14.0 Å². The number of carbonyl (C=O) groups is 1. The molecule has 6 heteroatoms. The maximum absolute atomic E-state index is 11.8. The highest BCUT2D eigenvalue weighted by Gasteiger charge is 2.20. The molecule has 1 rings (SSSR count). The van der Waals surface area contributed by atoms with Crippen LogP contribution in [-0.4, -0.2) is 42.6 Å². The standard InChI is InChI=1S/C15H22BrNO3S/c1-11-8-12(16)4-5-13(11)21-9-14(18)17-10-15(2,19)6-7-20-3/h4-5,8,19H,6-7,9-10H2,1-3H3,(H,17,18). The van der Waals surface area contributed by atoms with Gasteiger partial charge in [-0.15, -0.1) is 11.8 Å². The first-order valence-electron chi connectivity index (χ1n) is 6.71. The van der Waals surface area contributed by atoms with E-state index in [1.165, 1.54) is 11.8 Å². The third kappa shape index (κ3) is 7.31. The van der Waals surface area contributed by atoms with Crippen molar-refractivity contribution in [3.8, 4) is 0 Å². The summed E-state index contributed by atoms with van der Waals surface area (Å²) >= 11 is 4.91. The lowest BCUT2D eigenvalue weighted by Crippen LogP contribution is -2.42. The van der Waals surface area contributed by atoms with Gasteiger partial charge in [0.1, 0.15) is 0 Å². The Morgan fingerprint density at radius 1 is 1.52 bits per heavy atom. The van der Waals surface area contributed by atoms with Gasteiger partial charge in [-0.2, -0.15) is 0 Å². The van der Waals surface area contributed by atoms with Gasteiger partial charge < -0.3 is 15.2 Å². The van der Waals surface area contributed by atoms with Crippen molar-refractivity contribution in [3.63, 3.8) is 0 Å². The van der Waals surface area contributed by atoms with Crippen LogP contribution in [0.2, 0.25) is 0 Å². The second kappa shape index (κ2) is 8.78. The van der Waals surface area contributed by atoms with E-state index < -0.39 is 5.60 Å². The number of thioether (sulfide) groups is 1. The SMILES string of the molecule is COCCC(C)(O)CNC(=O)CSc1ccc(Br)cc1C. The molecular formula is C15H22BrNO3S. The Kier molecular flexibility index (Phi) is 7.73. The first-order chi connectivity index (χ1) is 9.84. The topological polar surface area (TPSA) is 58.6 Å². The molecule has 0 aliphatic rings. The second-order valence-corrected chi connectivity index (χ2v) is 7.15. The highest BCUT2D eigenvalue weighted by Crippen LogP contribution is 2.25. The molecule has 0 aromatic heterocycles. The summed E-state index contributed by atoms with van der Waals surface area (Å²) < 4.78 is 5.96. The average Bonchev–Trinajstić information content (AvgIpc) is 2.42. The van der Waals surface area contributed by atoms with E-state index in [1.807, 2.05) is 25.1 Å². The molecule has 0 spiro atoms. The van der Waals surface area contributed by atoms with Crippen LogP contribution in [0.1, 0.15) is 18.9 Å². The molecule has 118 valence electrons. The number of rotatable bonds is 8. The quantitative estimate of drug-likeness (QED) is 0.685. The van der Waals surface area contributed by atoms with Crippen molar-refractivity contribution >= 4 is 33.6 Å². The summed E-state index contributed by atoms with van der Waals surface area (Å²) in [5.41, 5.74) is 0.193. The maximum Gasteiger partial charge on any atom is 0.230 e. The molecule has 0 heterocycles. The summed E-state index contributed by atoms with van der Waals surface area (Å²) in [5, 5.41) is 12.8. The van der Waals surface area contributed by atoms with Gasteiger partial charge in [0.15, 0.2) is 0 Å². The molecule has 0 aliphatic heterocycles. The zero-order valence-corrected chi connectivity index (χ0v) is 15.0. The van der Waals surface area contributed by atoms with Crippen molar-refractivity contribution in [1.82, 2.24) is 5.32 Å². The van der Waals surface area contributed by atoms with Crippen molar-refractivity contribution in [2.24, 2.45) is 0 Å².